The lowest BCUT2D eigenvalue weighted by Crippen LogP contribution is -2.40. The second-order valence-electron chi connectivity index (χ2n) is 6.75. The molecule has 24 heavy (non-hydrogen) atoms. The van der Waals surface area contributed by atoms with Crippen LogP contribution in [0.25, 0.3) is 0 Å². The van der Waals surface area contributed by atoms with Gasteiger partial charge in [-0.25, -0.2) is 0 Å². The van der Waals surface area contributed by atoms with Gasteiger partial charge in [-0.05, 0) is 6.42 Å². The normalized spacial score (nSPS) is 28.4. The highest BCUT2D eigenvalue weighted by atomic mass is 16.7. The average Bonchev–Trinajstić information content (AvgIpc) is 2.87. The molecule has 0 saturated carbocycles. The molecule has 0 aliphatic carbocycles. The minimum absolute atomic E-state index is 0.451. The number of hydrogen-bond donors (Lipinski definition) is 4. The number of aliphatic hydroxyl groups excluding tert-OH is 4. The van der Waals surface area contributed by atoms with Crippen LogP contribution in [0.1, 0.15) is 71.1 Å². The summed E-state index contributed by atoms with van der Waals surface area (Å²) in [5, 5.41) is 38.0. The number of unbranched alkanes of at least 4 members (excludes halogenated alkanes) is 9. The summed E-state index contributed by atoms with van der Waals surface area (Å²) in [6.07, 6.45) is 6.72. The van der Waals surface area contributed by atoms with Crippen molar-refractivity contribution in [3.63, 3.8) is 0 Å². The van der Waals surface area contributed by atoms with E-state index in [9.17, 15) is 15.3 Å². The maximum Gasteiger partial charge on any atom is 0.186 e. The lowest BCUT2D eigenvalue weighted by Gasteiger charge is -2.18. The van der Waals surface area contributed by atoms with Crippen LogP contribution in [0.5, 0.6) is 0 Å². The Kier molecular flexibility index (Phi) is 11.8. The van der Waals surface area contributed by atoms with E-state index in [2.05, 4.69) is 6.92 Å². The van der Waals surface area contributed by atoms with Crippen LogP contribution in [0.3, 0.4) is 0 Å². The van der Waals surface area contributed by atoms with Crippen molar-refractivity contribution >= 4 is 0 Å². The van der Waals surface area contributed by atoms with Gasteiger partial charge in [-0.15, -0.1) is 0 Å². The van der Waals surface area contributed by atoms with E-state index in [1.165, 1.54) is 51.4 Å². The lowest BCUT2D eigenvalue weighted by atomic mass is 10.1. The van der Waals surface area contributed by atoms with E-state index in [4.69, 9.17) is 14.6 Å². The zero-order chi connectivity index (χ0) is 17.8. The Morgan fingerprint density at radius 2 is 1.42 bits per heavy atom. The maximum atomic E-state index is 9.84. The van der Waals surface area contributed by atoms with Gasteiger partial charge in [0.15, 0.2) is 6.29 Å². The van der Waals surface area contributed by atoms with Crippen molar-refractivity contribution in [2.75, 3.05) is 13.2 Å². The summed E-state index contributed by atoms with van der Waals surface area (Å²) in [6, 6.07) is 0. The molecule has 1 unspecified atom stereocenters. The SMILES string of the molecule is CCCCCCCCCCCCOC1O[C@H]([C@H](O)CO)[C@H](O)[C@H]1O. The minimum Gasteiger partial charge on any atom is -0.394 e. The van der Waals surface area contributed by atoms with E-state index >= 15 is 0 Å². The van der Waals surface area contributed by atoms with Crippen LogP contribution in [0, 0.1) is 0 Å². The second-order valence-corrected chi connectivity index (χ2v) is 6.75. The van der Waals surface area contributed by atoms with Crippen LogP contribution in [0.4, 0.5) is 0 Å². The smallest absolute Gasteiger partial charge is 0.186 e. The molecule has 0 aromatic rings. The van der Waals surface area contributed by atoms with Gasteiger partial charge in [0.25, 0.3) is 0 Å². The first-order valence-electron chi connectivity index (χ1n) is 9.54. The summed E-state index contributed by atoms with van der Waals surface area (Å²) in [4.78, 5) is 0. The summed E-state index contributed by atoms with van der Waals surface area (Å²) in [6.45, 7) is 2.15. The largest absolute Gasteiger partial charge is 0.394 e. The summed E-state index contributed by atoms with van der Waals surface area (Å²) in [5.41, 5.74) is 0. The fourth-order valence-corrected chi connectivity index (χ4v) is 3.02. The maximum absolute atomic E-state index is 9.84. The quantitative estimate of drug-likeness (QED) is 0.357. The van der Waals surface area contributed by atoms with E-state index in [1.807, 2.05) is 0 Å². The Morgan fingerprint density at radius 3 is 1.96 bits per heavy atom. The van der Waals surface area contributed by atoms with Crippen molar-refractivity contribution in [3.8, 4) is 0 Å². The molecule has 0 aromatic carbocycles. The molecule has 0 spiro atoms. The van der Waals surface area contributed by atoms with E-state index in [0.717, 1.165) is 12.8 Å². The van der Waals surface area contributed by atoms with E-state index in [0.29, 0.717) is 6.61 Å². The highest BCUT2D eigenvalue weighted by molar-refractivity contribution is 4.90. The van der Waals surface area contributed by atoms with E-state index < -0.39 is 37.3 Å². The highest BCUT2D eigenvalue weighted by Crippen LogP contribution is 2.24. The summed E-state index contributed by atoms with van der Waals surface area (Å²) in [5.74, 6) is 0. The summed E-state index contributed by atoms with van der Waals surface area (Å²) in [7, 11) is 0. The molecule has 4 N–H and O–H groups in total. The van der Waals surface area contributed by atoms with Crippen LogP contribution in [0.15, 0.2) is 0 Å². The first kappa shape index (κ1) is 21.8. The molecule has 144 valence electrons. The average molecular weight is 348 g/mol. The van der Waals surface area contributed by atoms with Gasteiger partial charge in [0.2, 0.25) is 0 Å². The molecular formula is C18H36O6. The molecule has 5 atom stereocenters. The van der Waals surface area contributed by atoms with E-state index in [1.54, 1.807) is 0 Å². The van der Waals surface area contributed by atoms with Crippen molar-refractivity contribution < 1.29 is 29.9 Å². The number of aliphatic hydroxyl groups is 4. The number of ether oxygens (including phenoxy) is 2. The predicted molar refractivity (Wildman–Crippen MR) is 91.6 cm³/mol. The Balaban J connectivity index is 1.99. The predicted octanol–water partition coefficient (Wildman–Crippen LogP) is 1.72. The third kappa shape index (κ3) is 7.76. The lowest BCUT2D eigenvalue weighted by molar-refractivity contribution is -0.181. The van der Waals surface area contributed by atoms with E-state index in [-0.39, 0.29) is 0 Å². The molecule has 1 heterocycles. The van der Waals surface area contributed by atoms with Gasteiger partial charge in [-0.3, -0.25) is 0 Å². The molecule has 1 aliphatic heterocycles. The monoisotopic (exact) mass is 348 g/mol. The van der Waals surface area contributed by atoms with Gasteiger partial charge in [-0.1, -0.05) is 64.7 Å². The molecule has 0 bridgehead atoms. The Morgan fingerprint density at radius 1 is 0.875 bits per heavy atom. The standard InChI is InChI=1S/C18H36O6/c1-2-3-4-5-6-7-8-9-10-11-12-23-18-16(22)15(21)17(24-18)14(20)13-19/h14-22H,2-13H2,1H3/t14-,15-,16-,17-,18?/m1/s1. The fraction of sp³-hybridized carbons (Fsp3) is 1.00. The molecule has 1 aliphatic rings. The Bertz CT molecular complexity index is 301. The van der Waals surface area contributed by atoms with Crippen LogP contribution in [-0.4, -0.2) is 64.3 Å². The van der Waals surface area contributed by atoms with Crippen molar-refractivity contribution in [1.29, 1.82) is 0 Å². The molecule has 1 saturated heterocycles. The number of hydrogen-bond acceptors (Lipinski definition) is 6. The Labute approximate surface area is 145 Å². The zero-order valence-corrected chi connectivity index (χ0v) is 15.0. The topological polar surface area (TPSA) is 99.4 Å². The first-order chi connectivity index (χ1) is 11.6. The summed E-state index contributed by atoms with van der Waals surface area (Å²) < 4.78 is 10.8. The fourth-order valence-electron chi connectivity index (χ4n) is 3.02. The van der Waals surface area contributed by atoms with Gasteiger partial charge >= 0.3 is 0 Å². The third-order valence-electron chi connectivity index (χ3n) is 4.60. The van der Waals surface area contributed by atoms with Crippen LogP contribution in [0.2, 0.25) is 0 Å². The molecule has 1 fully saturated rings. The van der Waals surface area contributed by atoms with Gasteiger partial charge in [0, 0.05) is 6.61 Å². The van der Waals surface area contributed by atoms with Gasteiger partial charge in [-0.2, -0.15) is 0 Å². The van der Waals surface area contributed by atoms with Gasteiger partial charge < -0.3 is 29.9 Å². The van der Waals surface area contributed by atoms with Crippen LogP contribution < -0.4 is 0 Å². The van der Waals surface area contributed by atoms with Gasteiger partial charge in [0.1, 0.15) is 24.4 Å². The molecular weight excluding hydrogens is 312 g/mol. The van der Waals surface area contributed by atoms with Crippen molar-refractivity contribution in [2.24, 2.45) is 0 Å². The zero-order valence-electron chi connectivity index (χ0n) is 15.0. The molecule has 0 amide bonds. The van der Waals surface area contributed by atoms with Crippen LogP contribution >= 0.6 is 0 Å². The molecule has 0 radical (unpaired) electrons. The second kappa shape index (κ2) is 13.0. The molecule has 6 heteroatoms. The van der Waals surface area contributed by atoms with Crippen molar-refractivity contribution in [1.82, 2.24) is 0 Å². The molecule has 6 nitrogen and oxygen atoms in total. The van der Waals surface area contributed by atoms with Crippen molar-refractivity contribution in [2.45, 2.75) is 102 Å². The third-order valence-corrected chi connectivity index (χ3v) is 4.60. The Hall–Kier alpha value is -0.240. The minimum atomic E-state index is -1.25. The molecule has 0 aromatic heterocycles. The highest BCUT2D eigenvalue weighted by Gasteiger charge is 2.46. The van der Waals surface area contributed by atoms with Crippen LogP contribution in [-0.2, 0) is 9.47 Å². The van der Waals surface area contributed by atoms with Gasteiger partial charge in [0.05, 0.1) is 6.61 Å². The summed E-state index contributed by atoms with van der Waals surface area (Å²) >= 11 is 0. The number of rotatable bonds is 14. The first-order valence-corrected chi connectivity index (χ1v) is 9.54. The molecule has 1 rings (SSSR count). The van der Waals surface area contributed by atoms with Crippen molar-refractivity contribution in [3.05, 3.63) is 0 Å².